The van der Waals surface area contributed by atoms with Gasteiger partial charge in [-0.15, -0.1) is 11.6 Å². The van der Waals surface area contributed by atoms with E-state index < -0.39 is 23.8 Å². The number of piperazine rings is 1. The number of nitrogens with one attached hydrogen (secondary N) is 1. The highest BCUT2D eigenvalue weighted by Crippen LogP contribution is 2.40. The number of rotatable bonds is 10. The first kappa shape index (κ1) is 37.1. The Bertz CT molecular complexity index is 2240. The van der Waals surface area contributed by atoms with Crippen LogP contribution < -0.4 is 15.1 Å². The van der Waals surface area contributed by atoms with Gasteiger partial charge in [0.1, 0.15) is 11.8 Å². The van der Waals surface area contributed by atoms with E-state index in [-0.39, 0.29) is 24.5 Å². The third-order valence-electron chi connectivity index (χ3n) is 12.7. The molecule has 2 N–H and O–H groups in total. The number of hydrogen-bond donors (Lipinski definition) is 2. The van der Waals surface area contributed by atoms with E-state index in [1.165, 1.54) is 11.3 Å². The largest absolute Gasteiger partial charge is 0.508 e. The predicted octanol–water partition coefficient (Wildman–Crippen LogP) is 6.56. The van der Waals surface area contributed by atoms with Crippen molar-refractivity contribution in [1.29, 1.82) is 0 Å². The van der Waals surface area contributed by atoms with E-state index in [0.717, 1.165) is 91.3 Å². The van der Waals surface area contributed by atoms with Gasteiger partial charge in [0.2, 0.25) is 11.8 Å². The van der Waals surface area contributed by atoms with E-state index in [2.05, 4.69) is 68.5 Å². The maximum absolute atomic E-state index is 13.4. The summed E-state index contributed by atoms with van der Waals surface area (Å²) in [5.74, 6) is -0.536. The van der Waals surface area contributed by atoms with E-state index in [1.807, 2.05) is 30.3 Å². The summed E-state index contributed by atoms with van der Waals surface area (Å²) >= 11 is 6.37. The van der Waals surface area contributed by atoms with Crippen molar-refractivity contribution >= 4 is 57.8 Å². The Labute approximate surface area is 337 Å². The highest BCUT2D eigenvalue weighted by atomic mass is 35.5. The number of aromatic hydroxyl groups is 1. The molecule has 4 fully saturated rings. The van der Waals surface area contributed by atoms with Gasteiger partial charge >= 0.3 is 0 Å². The first-order valence-corrected chi connectivity index (χ1v) is 20.6. The number of anilines is 2. The molecule has 9 rings (SSSR count). The summed E-state index contributed by atoms with van der Waals surface area (Å²) < 4.78 is 0. The lowest BCUT2D eigenvalue weighted by molar-refractivity contribution is -0.136. The van der Waals surface area contributed by atoms with Crippen LogP contribution in [0, 0.1) is 5.92 Å². The number of alkyl halides is 1. The lowest BCUT2D eigenvalue weighted by atomic mass is 9.88. The zero-order chi connectivity index (χ0) is 39.2. The van der Waals surface area contributed by atoms with Crippen molar-refractivity contribution < 1.29 is 24.3 Å². The minimum atomic E-state index is -0.962. The normalized spacial score (nSPS) is 23.0. The van der Waals surface area contributed by atoms with Crippen molar-refractivity contribution in [1.82, 2.24) is 15.1 Å². The number of amides is 4. The van der Waals surface area contributed by atoms with Gasteiger partial charge in [0.25, 0.3) is 11.8 Å². The number of phenolic OH excluding ortho intramolecular Hbond substituents is 1. The molecular formula is C46H46ClN5O5. The van der Waals surface area contributed by atoms with Crippen molar-refractivity contribution in [2.24, 2.45) is 5.92 Å². The van der Waals surface area contributed by atoms with Crippen molar-refractivity contribution in [3.05, 3.63) is 125 Å². The molecular weight excluding hydrogens is 738 g/mol. The molecule has 4 amide bonds. The van der Waals surface area contributed by atoms with Crippen molar-refractivity contribution in [3.8, 4) is 5.75 Å². The van der Waals surface area contributed by atoms with Crippen LogP contribution in [0.3, 0.4) is 0 Å². The van der Waals surface area contributed by atoms with Crippen LogP contribution in [0.25, 0.3) is 11.1 Å². The molecule has 11 heteroatoms. The van der Waals surface area contributed by atoms with Crippen LogP contribution in [0.1, 0.15) is 75.9 Å². The van der Waals surface area contributed by atoms with Gasteiger partial charge in [-0.05, 0) is 108 Å². The van der Waals surface area contributed by atoms with Gasteiger partial charge in [-0.3, -0.25) is 34.3 Å². The number of carbonyl (C=O) groups excluding carboxylic acids is 4. The molecule has 3 unspecified atom stereocenters. The molecule has 292 valence electrons. The number of carbonyl (C=O) groups is 4. The molecule has 4 aromatic rings. The molecule has 0 aliphatic carbocycles. The Morgan fingerprint density at radius 2 is 1.42 bits per heavy atom. The number of phenols is 1. The fourth-order valence-electron chi connectivity index (χ4n) is 9.76. The Kier molecular flexibility index (Phi) is 10.1. The Hall–Kier alpha value is -5.45. The summed E-state index contributed by atoms with van der Waals surface area (Å²) in [5, 5.41) is 12.3. The molecule has 0 saturated carbocycles. The van der Waals surface area contributed by atoms with Crippen LogP contribution in [0.2, 0.25) is 0 Å². The second-order valence-corrected chi connectivity index (χ2v) is 16.4. The second kappa shape index (κ2) is 15.5. The molecule has 4 aromatic carbocycles. The number of hydrogen-bond acceptors (Lipinski definition) is 8. The Balaban J connectivity index is 0.821. The van der Waals surface area contributed by atoms with Gasteiger partial charge in [-0.25, -0.2) is 0 Å². The number of likely N-dealkylation sites (tertiary alicyclic amines) is 1. The summed E-state index contributed by atoms with van der Waals surface area (Å²) in [6.07, 6.45) is 4.32. The number of benzene rings is 4. The molecule has 57 heavy (non-hydrogen) atoms. The van der Waals surface area contributed by atoms with E-state index in [0.29, 0.717) is 35.0 Å². The lowest BCUT2D eigenvalue weighted by Gasteiger charge is -2.40. The van der Waals surface area contributed by atoms with Crippen LogP contribution in [-0.2, 0) is 9.59 Å². The molecule has 0 aromatic heterocycles. The number of piperidine rings is 2. The Morgan fingerprint density at radius 3 is 2.09 bits per heavy atom. The van der Waals surface area contributed by atoms with E-state index in [4.69, 9.17) is 11.6 Å². The summed E-state index contributed by atoms with van der Waals surface area (Å²) in [6.45, 7) is 4.97. The number of imide groups is 2. The smallest absolute Gasteiger partial charge is 0.262 e. The van der Waals surface area contributed by atoms with E-state index >= 15 is 0 Å². The predicted molar refractivity (Wildman–Crippen MR) is 221 cm³/mol. The van der Waals surface area contributed by atoms with Gasteiger partial charge in [0.05, 0.1) is 11.1 Å². The van der Waals surface area contributed by atoms with Crippen molar-refractivity contribution in [3.63, 3.8) is 0 Å². The standard InChI is InChI=1S/C46H46ClN5O5/c47-21-18-38(30-4-2-1-3-5-30)43(32-8-13-37(53)14-9-32)31-6-10-33(11-7-31)49-22-19-29(20-23-49)26-50-27-36-24-35(50)28-51(36)34-12-15-39-40(25-34)46(57)52(45(39)56)41-16-17-42(54)48-44(41)55/h1-15,25,29,35-36,41,53H,16-24,26-28H2,(H,48,54,55). The first-order valence-electron chi connectivity index (χ1n) is 20.1. The summed E-state index contributed by atoms with van der Waals surface area (Å²) in [4.78, 5) is 59.4. The SMILES string of the molecule is O=C1CCC(N2C(=O)c3ccc(N4CC5CC4CN5CC4CCN(c5ccc(C(=C(CCCl)c6ccccc6)c6ccc(O)cc6)cc5)CC4)cc3C2=O)C(=O)N1. The van der Waals surface area contributed by atoms with Gasteiger partial charge in [0.15, 0.2) is 0 Å². The highest BCUT2D eigenvalue weighted by Gasteiger charge is 2.47. The molecule has 5 aliphatic heterocycles. The summed E-state index contributed by atoms with van der Waals surface area (Å²) in [7, 11) is 0. The van der Waals surface area contributed by atoms with Gasteiger partial charge in [0, 0.05) is 68.5 Å². The van der Waals surface area contributed by atoms with Crippen LogP contribution in [-0.4, -0.2) is 95.3 Å². The van der Waals surface area contributed by atoms with E-state index in [9.17, 15) is 24.3 Å². The average Bonchev–Trinajstić information content (AvgIpc) is 3.90. The number of nitrogens with zero attached hydrogens (tertiary/aromatic N) is 4. The van der Waals surface area contributed by atoms with Crippen LogP contribution in [0.4, 0.5) is 11.4 Å². The fourth-order valence-corrected chi connectivity index (χ4v) is 9.95. The molecule has 4 saturated heterocycles. The molecule has 2 bridgehead atoms. The maximum Gasteiger partial charge on any atom is 0.262 e. The Morgan fingerprint density at radius 1 is 0.737 bits per heavy atom. The third-order valence-corrected chi connectivity index (χ3v) is 12.9. The van der Waals surface area contributed by atoms with Crippen LogP contribution in [0.15, 0.2) is 97.1 Å². The topological polar surface area (TPSA) is 114 Å². The molecule has 5 aliphatic rings. The number of fused-ring (bicyclic) bond motifs is 3. The molecule has 5 heterocycles. The molecule has 0 spiro atoms. The van der Waals surface area contributed by atoms with Gasteiger partial charge < -0.3 is 14.9 Å². The van der Waals surface area contributed by atoms with Crippen LogP contribution >= 0.6 is 11.6 Å². The van der Waals surface area contributed by atoms with Crippen LogP contribution in [0.5, 0.6) is 5.75 Å². The highest BCUT2D eigenvalue weighted by molar-refractivity contribution is 6.23. The third kappa shape index (κ3) is 7.10. The van der Waals surface area contributed by atoms with E-state index in [1.54, 1.807) is 18.2 Å². The van der Waals surface area contributed by atoms with Crippen molar-refractivity contribution in [2.75, 3.05) is 48.4 Å². The number of halogens is 1. The number of allylic oxidation sites excluding steroid dienone is 1. The van der Waals surface area contributed by atoms with Gasteiger partial charge in [-0.2, -0.15) is 0 Å². The zero-order valence-electron chi connectivity index (χ0n) is 31.8. The lowest BCUT2D eigenvalue weighted by Crippen LogP contribution is -2.54. The second-order valence-electron chi connectivity index (χ2n) is 16.0. The summed E-state index contributed by atoms with van der Waals surface area (Å²) in [6, 6.07) is 32.0. The first-order chi connectivity index (χ1) is 27.7. The maximum atomic E-state index is 13.4. The van der Waals surface area contributed by atoms with Crippen molar-refractivity contribution in [2.45, 2.75) is 56.7 Å². The molecule has 10 nitrogen and oxygen atoms in total. The van der Waals surface area contributed by atoms with Gasteiger partial charge in [-0.1, -0.05) is 54.6 Å². The molecule has 3 atom stereocenters. The minimum Gasteiger partial charge on any atom is -0.508 e. The zero-order valence-corrected chi connectivity index (χ0v) is 32.5. The minimum absolute atomic E-state index is 0.102. The quantitative estimate of drug-likeness (QED) is 0.106. The fraction of sp³-hybridized carbons (Fsp3) is 0.348. The molecule has 0 radical (unpaired) electrons. The monoisotopic (exact) mass is 783 g/mol. The summed E-state index contributed by atoms with van der Waals surface area (Å²) in [5.41, 5.74) is 8.43. The average molecular weight is 784 g/mol.